The maximum absolute atomic E-state index is 11.3. The first kappa shape index (κ1) is 30.0. The fraction of sp³-hybridized carbons (Fsp3) is 0.462. The molecule has 6 nitrogen and oxygen atoms in total. The zero-order chi connectivity index (χ0) is 25.5. The molecule has 0 aliphatic carbocycles. The summed E-state index contributed by atoms with van der Waals surface area (Å²) in [5.74, 6) is 0. The van der Waals surface area contributed by atoms with Crippen LogP contribution < -0.4 is 0 Å². The van der Waals surface area contributed by atoms with Crippen LogP contribution in [0.4, 0.5) is 0 Å². The van der Waals surface area contributed by atoms with Gasteiger partial charge in [0.15, 0.2) is 0 Å². The van der Waals surface area contributed by atoms with Gasteiger partial charge in [0.05, 0.1) is 9.79 Å². The lowest BCUT2D eigenvalue weighted by molar-refractivity contribution is 0.480. The van der Waals surface area contributed by atoms with Crippen molar-refractivity contribution >= 4 is 26.3 Å². The van der Waals surface area contributed by atoms with Gasteiger partial charge >= 0.3 is 0 Å². The summed E-state index contributed by atoms with van der Waals surface area (Å²) >= 11 is 0. The summed E-state index contributed by atoms with van der Waals surface area (Å²) in [6.07, 6.45) is 14.9. The van der Waals surface area contributed by atoms with Gasteiger partial charge in [-0.05, 0) is 42.2 Å². The predicted molar refractivity (Wildman–Crippen MR) is 138 cm³/mol. The minimum absolute atomic E-state index is 0.0610. The Balaban J connectivity index is 0.000000404. The first-order valence-electron chi connectivity index (χ1n) is 11.8. The van der Waals surface area contributed by atoms with Gasteiger partial charge in [-0.1, -0.05) is 108 Å². The van der Waals surface area contributed by atoms with Crippen LogP contribution in [0.5, 0.6) is 0 Å². The van der Waals surface area contributed by atoms with Crippen molar-refractivity contribution in [2.75, 3.05) is 0 Å². The van der Waals surface area contributed by atoms with Crippen LogP contribution in [0, 0.1) is 0 Å². The third-order valence-corrected chi connectivity index (χ3v) is 7.29. The number of unbranched alkanes of at least 4 members (excludes halogenated alkanes) is 9. The Morgan fingerprint density at radius 1 is 0.706 bits per heavy atom. The normalized spacial score (nSPS) is 11.5. The Morgan fingerprint density at radius 3 is 1.68 bits per heavy atom. The molecule has 190 valence electrons. The minimum Gasteiger partial charge on any atom is -0.282 e. The second-order valence-electron chi connectivity index (χ2n) is 8.26. The summed E-state index contributed by atoms with van der Waals surface area (Å²) < 4.78 is 61.5. The van der Waals surface area contributed by atoms with Crippen molar-refractivity contribution in [3.8, 4) is 0 Å². The molecule has 0 heterocycles. The fourth-order valence-corrected chi connectivity index (χ4v) is 4.77. The molecule has 2 aromatic rings. The predicted octanol–water partition coefficient (Wildman–Crippen LogP) is 6.97. The van der Waals surface area contributed by atoms with Gasteiger partial charge in [0.1, 0.15) is 0 Å². The van der Waals surface area contributed by atoms with E-state index >= 15 is 0 Å². The van der Waals surface area contributed by atoms with Gasteiger partial charge < -0.3 is 0 Å². The van der Waals surface area contributed by atoms with Crippen molar-refractivity contribution in [1.29, 1.82) is 0 Å². The number of aryl methyl sites for hydroxylation is 1. The molecule has 2 rings (SSSR count). The number of benzene rings is 2. The molecule has 0 saturated carbocycles. The van der Waals surface area contributed by atoms with Crippen molar-refractivity contribution in [2.24, 2.45) is 0 Å². The van der Waals surface area contributed by atoms with E-state index in [1.165, 1.54) is 69.6 Å². The zero-order valence-electron chi connectivity index (χ0n) is 20.0. The van der Waals surface area contributed by atoms with Gasteiger partial charge in [0.25, 0.3) is 20.2 Å². The molecule has 2 aromatic carbocycles. The molecule has 0 aromatic heterocycles. The first-order chi connectivity index (χ1) is 16.1. The van der Waals surface area contributed by atoms with Crippen LogP contribution in [0.15, 0.2) is 64.9 Å². The van der Waals surface area contributed by atoms with E-state index in [0.29, 0.717) is 6.42 Å². The molecule has 0 unspecified atom stereocenters. The lowest BCUT2D eigenvalue weighted by Gasteiger charge is -2.07. The largest absolute Gasteiger partial charge is 0.294 e. The average molecular weight is 511 g/mol. The molecular weight excluding hydrogens is 472 g/mol. The third kappa shape index (κ3) is 12.5. The maximum atomic E-state index is 11.3. The highest BCUT2D eigenvalue weighted by Gasteiger charge is 2.13. The van der Waals surface area contributed by atoms with Crippen LogP contribution in [-0.4, -0.2) is 25.9 Å². The van der Waals surface area contributed by atoms with Crippen molar-refractivity contribution < 1.29 is 25.9 Å². The standard InChI is InChI=1S/C18H30O3S.C8H8O3S/c1-2-3-4-5-6-7-8-9-10-11-14-17-15-12-13-16-18(17)22(19,20)21;1-2-7-3-5-8(6-4-7)12(9,10)11/h12-13,15-16H,2-11,14H2,1H3,(H,19,20,21);2-6H,1H2,(H,9,10,11). The number of hydrogen-bond acceptors (Lipinski definition) is 4. The number of rotatable bonds is 14. The highest BCUT2D eigenvalue weighted by molar-refractivity contribution is 7.86. The van der Waals surface area contributed by atoms with Gasteiger partial charge in [0, 0.05) is 0 Å². The van der Waals surface area contributed by atoms with Crippen molar-refractivity contribution in [1.82, 2.24) is 0 Å². The van der Waals surface area contributed by atoms with Crippen LogP contribution in [0.3, 0.4) is 0 Å². The molecule has 34 heavy (non-hydrogen) atoms. The molecule has 0 radical (unpaired) electrons. The molecule has 8 heteroatoms. The average Bonchev–Trinajstić information content (AvgIpc) is 2.80. The lowest BCUT2D eigenvalue weighted by Crippen LogP contribution is -2.03. The van der Waals surface area contributed by atoms with Crippen molar-refractivity contribution in [3.63, 3.8) is 0 Å². The Hall–Kier alpha value is -2.00. The van der Waals surface area contributed by atoms with Crippen LogP contribution in [0.25, 0.3) is 6.08 Å². The lowest BCUT2D eigenvalue weighted by atomic mass is 10.0. The molecule has 0 atom stereocenters. The molecule has 0 saturated heterocycles. The van der Waals surface area contributed by atoms with Crippen molar-refractivity contribution in [2.45, 2.75) is 87.3 Å². The maximum Gasteiger partial charge on any atom is 0.294 e. The van der Waals surface area contributed by atoms with Gasteiger partial charge in [-0.15, -0.1) is 0 Å². The van der Waals surface area contributed by atoms with E-state index in [0.717, 1.165) is 24.0 Å². The quantitative estimate of drug-likeness (QED) is 0.210. The van der Waals surface area contributed by atoms with E-state index < -0.39 is 20.2 Å². The molecule has 0 amide bonds. The monoisotopic (exact) mass is 510 g/mol. The Labute approximate surface area is 205 Å². The smallest absolute Gasteiger partial charge is 0.282 e. The van der Waals surface area contributed by atoms with E-state index in [1.807, 2.05) is 6.07 Å². The summed E-state index contributed by atoms with van der Waals surface area (Å²) in [7, 11) is -8.16. The molecule has 0 aliphatic rings. The third-order valence-electron chi connectivity index (χ3n) is 5.46. The van der Waals surface area contributed by atoms with Gasteiger partial charge in [-0.2, -0.15) is 16.8 Å². The SMILES string of the molecule is C=Cc1ccc(S(=O)(=O)O)cc1.CCCCCCCCCCCCc1ccccc1S(=O)(=O)O. The van der Waals surface area contributed by atoms with Crippen LogP contribution in [0.2, 0.25) is 0 Å². The Morgan fingerprint density at radius 2 is 1.21 bits per heavy atom. The summed E-state index contributed by atoms with van der Waals surface area (Å²) in [5, 5.41) is 0. The first-order valence-corrected chi connectivity index (χ1v) is 14.7. The van der Waals surface area contributed by atoms with E-state index in [4.69, 9.17) is 4.55 Å². The highest BCUT2D eigenvalue weighted by Crippen LogP contribution is 2.18. The van der Waals surface area contributed by atoms with E-state index in [1.54, 1.807) is 30.3 Å². The summed E-state index contributed by atoms with van der Waals surface area (Å²) in [5.41, 5.74) is 1.53. The Kier molecular flexibility index (Phi) is 14.0. The number of hydrogen-bond donors (Lipinski definition) is 2. The second kappa shape index (κ2) is 15.8. The zero-order valence-corrected chi connectivity index (χ0v) is 21.7. The summed E-state index contributed by atoms with van der Waals surface area (Å²) in [4.78, 5) is -0.0426. The molecule has 0 aliphatic heterocycles. The van der Waals surface area contributed by atoms with Crippen LogP contribution in [0.1, 0.15) is 82.3 Å². The van der Waals surface area contributed by atoms with E-state index in [2.05, 4.69) is 13.5 Å². The Bertz CT molecular complexity index is 1060. The van der Waals surface area contributed by atoms with Gasteiger partial charge in [-0.3, -0.25) is 9.11 Å². The van der Waals surface area contributed by atoms with Gasteiger partial charge in [-0.25, -0.2) is 0 Å². The minimum atomic E-state index is -4.10. The van der Waals surface area contributed by atoms with E-state index in [-0.39, 0.29) is 9.79 Å². The molecule has 0 fully saturated rings. The van der Waals surface area contributed by atoms with E-state index in [9.17, 15) is 21.4 Å². The topological polar surface area (TPSA) is 109 Å². The van der Waals surface area contributed by atoms with Crippen LogP contribution >= 0.6 is 0 Å². The molecular formula is C26H38O6S2. The molecule has 0 spiro atoms. The molecule has 2 N–H and O–H groups in total. The fourth-order valence-electron chi connectivity index (χ4n) is 3.54. The summed E-state index contributed by atoms with van der Waals surface area (Å²) in [6, 6.07) is 12.5. The summed E-state index contributed by atoms with van der Waals surface area (Å²) in [6.45, 7) is 5.75. The van der Waals surface area contributed by atoms with Crippen LogP contribution in [-0.2, 0) is 26.7 Å². The molecule has 0 bridgehead atoms. The van der Waals surface area contributed by atoms with Crippen molar-refractivity contribution in [3.05, 3.63) is 66.2 Å². The highest BCUT2D eigenvalue weighted by atomic mass is 32.2. The second-order valence-corrected chi connectivity index (χ2v) is 11.1. The van der Waals surface area contributed by atoms with Gasteiger partial charge in [0.2, 0.25) is 0 Å².